The summed E-state index contributed by atoms with van der Waals surface area (Å²) in [7, 11) is 0. The van der Waals surface area contributed by atoms with Gasteiger partial charge in [-0.15, -0.1) is 0 Å². The van der Waals surface area contributed by atoms with Crippen LogP contribution < -0.4 is 5.32 Å². The molecule has 2 unspecified atom stereocenters. The fourth-order valence-corrected chi connectivity index (χ4v) is 7.06. The lowest BCUT2D eigenvalue weighted by molar-refractivity contribution is -0.123. The maximum absolute atomic E-state index is 12.4. The van der Waals surface area contributed by atoms with Gasteiger partial charge in [-0.2, -0.15) is 0 Å². The second-order valence-electron chi connectivity index (χ2n) is 15.5. The zero-order chi connectivity index (χ0) is 35.7. The van der Waals surface area contributed by atoms with Crippen LogP contribution in [0.3, 0.4) is 0 Å². The lowest BCUT2D eigenvalue weighted by Crippen LogP contribution is -2.45. The van der Waals surface area contributed by atoms with E-state index in [-0.39, 0.29) is 12.5 Å². The van der Waals surface area contributed by atoms with Crippen molar-refractivity contribution in [1.29, 1.82) is 0 Å². The Labute approximate surface area is 307 Å². The smallest absolute Gasteiger partial charge is 0.220 e. The number of aliphatic hydroxyl groups excluding tert-OH is 2. The van der Waals surface area contributed by atoms with Crippen LogP contribution >= 0.6 is 0 Å². The molecule has 0 aromatic rings. The monoisotopic (exact) mass is 692 g/mol. The third kappa shape index (κ3) is 38.2. The van der Waals surface area contributed by atoms with E-state index in [0.29, 0.717) is 12.8 Å². The highest BCUT2D eigenvalue weighted by Gasteiger charge is 2.20. The number of unbranched alkanes of at least 4 members (excludes halogenated alkanes) is 32. The standard InChI is InChI=1S/C45H89NO3/c1-3-5-7-9-11-13-15-16-17-18-19-20-21-22-23-24-25-26-27-28-29-30-31-33-35-37-39-41-45(49)46-43(42-47)44(48)40-38-36-34-32-14-12-10-8-6-4-2/h22-23,43-44,47-48H,3-21,24-42H2,1-2H3,(H,46,49)/b23-22-. The van der Waals surface area contributed by atoms with Gasteiger partial charge in [0.15, 0.2) is 0 Å². The number of hydrogen-bond acceptors (Lipinski definition) is 3. The molecule has 4 heteroatoms. The molecule has 4 nitrogen and oxygen atoms in total. The summed E-state index contributed by atoms with van der Waals surface area (Å²) in [5, 5.41) is 23.1. The van der Waals surface area contributed by atoms with Crippen molar-refractivity contribution in [2.24, 2.45) is 0 Å². The molecule has 3 N–H and O–H groups in total. The van der Waals surface area contributed by atoms with Gasteiger partial charge in [0.1, 0.15) is 0 Å². The molecule has 292 valence electrons. The quantitative estimate of drug-likeness (QED) is 0.0441. The fourth-order valence-electron chi connectivity index (χ4n) is 7.06. The number of allylic oxidation sites excluding steroid dienone is 2. The van der Waals surface area contributed by atoms with E-state index in [9.17, 15) is 15.0 Å². The van der Waals surface area contributed by atoms with E-state index in [0.717, 1.165) is 25.7 Å². The topological polar surface area (TPSA) is 69.6 Å². The van der Waals surface area contributed by atoms with Crippen molar-refractivity contribution in [3.05, 3.63) is 12.2 Å². The van der Waals surface area contributed by atoms with Gasteiger partial charge in [-0.1, -0.05) is 219 Å². The van der Waals surface area contributed by atoms with E-state index in [4.69, 9.17) is 0 Å². The first kappa shape index (κ1) is 48.1. The predicted molar refractivity (Wildman–Crippen MR) is 216 cm³/mol. The molecule has 0 aromatic carbocycles. The predicted octanol–water partition coefficient (Wildman–Crippen LogP) is 13.9. The Bertz CT molecular complexity index is 666. The third-order valence-corrected chi connectivity index (χ3v) is 10.5. The van der Waals surface area contributed by atoms with Crippen LogP contribution in [0.15, 0.2) is 12.2 Å². The second-order valence-corrected chi connectivity index (χ2v) is 15.5. The van der Waals surface area contributed by atoms with Crippen LogP contribution in [0.1, 0.15) is 251 Å². The minimum atomic E-state index is -0.654. The van der Waals surface area contributed by atoms with Crippen LogP contribution in [0.5, 0.6) is 0 Å². The minimum Gasteiger partial charge on any atom is -0.394 e. The summed E-state index contributed by atoms with van der Waals surface area (Å²) >= 11 is 0. The number of amides is 1. The van der Waals surface area contributed by atoms with Crippen LogP contribution in [0, 0.1) is 0 Å². The van der Waals surface area contributed by atoms with E-state index in [1.807, 2.05) is 0 Å². The average Bonchev–Trinajstić information content (AvgIpc) is 3.10. The Balaban J connectivity index is 3.42. The van der Waals surface area contributed by atoms with Gasteiger partial charge in [0.25, 0.3) is 0 Å². The molecule has 0 rings (SSSR count). The number of carbonyl (C=O) groups excluding carboxylic acids is 1. The number of nitrogens with one attached hydrogen (secondary N) is 1. The highest BCUT2D eigenvalue weighted by molar-refractivity contribution is 5.76. The highest BCUT2D eigenvalue weighted by atomic mass is 16.3. The summed E-state index contributed by atoms with van der Waals surface area (Å²) in [6.07, 6.45) is 51.6. The second kappa shape index (κ2) is 41.5. The van der Waals surface area contributed by atoms with Crippen LogP contribution in [-0.4, -0.2) is 34.9 Å². The maximum atomic E-state index is 12.4. The Morgan fingerprint density at radius 2 is 0.776 bits per heavy atom. The average molecular weight is 692 g/mol. The van der Waals surface area contributed by atoms with Gasteiger partial charge in [-0.05, 0) is 38.5 Å². The molecule has 49 heavy (non-hydrogen) atoms. The largest absolute Gasteiger partial charge is 0.394 e. The molecule has 1 amide bonds. The number of carbonyl (C=O) groups is 1. The Morgan fingerprint density at radius 1 is 0.469 bits per heavy atom. The molecule has 0 spiro atoms. The van der Waals surface area contributed by atoms with Gasteiger partial charge in [0.2, 0.25) is 5.91 Å². The summed E-state index contributed by atoms with van der Waals surface area (Å²) in [5.74, 6) is -0.0312. The molecule has 0 aliphatic carbocycles. The van der Waals surface area contributed by atoms with Gasteiger partial charge in [-0.25, -0.2) is 0 Å². The van der Waals surface area contributed by atoms with Gasteiger partial charge < -0.3 is 15.5 Å². The van der Waals surface area contributed by atoms with Crippen LogP contribution in [0.2, 0.25) is 0 Å². The lowest BCUT2D eigenvalue weighted by Gasteiger charge is -2.22. The van der Waals surface area contributed by atoms with Gasteiger partial charge >= 0.3 is 0 Å². The van der Waals surface area contributed by atoms with Crippen LogP contribution in [0.25, 0.3) is 0 Å². The summed E-state index contributed by atoms with van der Waals surface area (Å²) in [6.45, 7) is 4.36. The normalized spacial score (nSPS) is 13.0. The molecule has 0 radical (unpaired) electrons. The SMILES string of the molecule is CCCCCCCCCCCCCC/C=C\CCCCCCCCCCCCCC(=O)NC(CO)C(O)CCCCCCCCCCCC. The summed E-state index contributed by atoms with van der Waals surface area (Å²) in [6, 6.07) is -0.531. The first-order chi connectivity index (χ1) is 24.2. The van der Waals surface area contributed by atoms with E-state index in [1.54, 1.807) is 0 Å². The minimum absolute atomic E-state index is 0.0312. The zero-order valence-corrected chi connectivity index (χ0v) is 33.5. The van der Waals surface area contributed by atoms with Crippen molar-refractivity contribution in [3.8, 4) is 0 Å². The molecular weight excluding hydrogens is 602 g/mol. The third-order valence-electron chi connectivity index (χ3n) is 10.5. The maximum Gasteiger partial charge on any atom is 0.220 e. The lowest BCUT2D eigenvalue weighted by atomic mass is 10.0. The number of aliphatic hydroxyl groups is 2. The van der Waals surface area contributed by atoms with Crippen molar-refractivity contribution in [3.63, 3.8) is 0 Å². The molecule has 0 aromatic heterocycles. The zero-order valence-electron chi connectivity index (χ0n) is 33.5. The number of hydrogen-bond donors (Lipinski definition) is 3. The summed E-state index contributed by atoms with van der Waals surface area (Å²) in [5.41, 5.74) is 0. The molecule has 2 atom stereocenters. The van der Waals surface area contributed by atoms with E-state index in [1.165, 1.54) is 199 Å². The van der Waals surface area contributed by atoms with Crippen LogP contribution in [0.4, 0.5) is 0 Å². The van der Waals surface area contributed by atoms with Crippen molar-refractivity contribution in [2.45, 2.75) is 264 Å². The first-order valence-corrected chi connectivity index (χ1v) is 22.4. The summed E-state index contributed by atoms with van der Waals surface area (Å²) < 4.78 is 0. The van der Waals surface area contributed by atoms with Gasteiger partial charge in [-0.3, -0.25) is 4.79 Å². The Kier molecular flexibility index (Phi) is 40.8. The molecule has 0 saturated carbocycles. The Morgan fingerprint density at radius 3 is 1.12 bits per heavy atom. The fraction of sp³-hybridized carbons (Fsp3) is 0.933. The van der Waals surface area contributed by atoms with E-state index < -0.39 is 12.1 Å². The van der Waals surface area contributed by atoms with Crippen molar-refractivity contribution in [1.82, 2.24) is 5.32 Å². The van der Waals surface area contributed by atoms with Crippen molar-refractivity contribution < 1.29 is 15.0 Å². The van der Waals surface area contributed by atoms with Crippen molar-refractivity contribution in [2.75, 3.05) is 6.61 Å². The molecule has 0 heterocycles. The van der Waals surface area contributed by atoms with Crippen LogP contribution in [-0.2, 0) is 4.79 Å². The van der Waals surface area contributed by atoms with Gasteiger partial charge in [0, 0.05) is 6.42 Å². The van der Waals surface area contributed by atoms with Crippen molar-refractivity contribution >= 4 is 5.91 Å². The first-order valence-electron chi connectivity index (χ1n) is 22.4. The highest BCUT2D eigenvalue weighted by Crippen LogP contribution is 2.16. The summed E-state index contributed by atoms with van der Waals surface area (Å²) in [4.78, 5) is 12.4. The molecule has 0 aliphatic rings. The van der Waals surface area contributed by atoms with E-state index in [2.05, 4.69) is 31.3 Å². The molecular formula is C45H89NO3. The molecule has 0 aliphatic heterocycles. The Hall–Kier alpha value is -0.870. The molecule has 0 bridgehead atoms. The number of rotatable bonds is 41. The van der Waals surface area contributed by atoms with Gasteiger partial charge in [0.05, 0.1) is 18.8 Å². The van der Waals surface area contributed by atoms with E-state index >= 15 is 0 Å². The molecule has 0 fully saturated rings. The molecule has 0 saturated heterocycles.